The molecule has 0 N–H and O–H groups in total. The van der Waals surface area contributed by atoms with Crippen molar-refractivity contribution >= 4 is 10.9 Å². The number of fused-ring (bicyclic) bond motifs is 1. The van der Waals surface area contributed by atoms with Crippen LogP contribution in [0.15, 0.2) is 48.7 Å². The fraction of sp³-hybridized carbons (Fsp3) is 0.167. The predicted molar refractivity (Wildman–Crippen MR) is 81.4 cm³/mol. The van der Waals surface area contributed by atoms with E-state index in [2.05, 4.69) is 62.2 Å². The maximum atomic E-state index is 4.56. The van der Waals surface area contributed by atoms with E-state index in [4.69, 9.17) is 0 Å². The van der Waals surface area contributed by atoms with Crippen LogP contribution < -0.4 is 0 Å². The van der Waals surface area contributed by atoms with Crippen molar-refractivity contribution in [2.24, 2.45) is 0 Å². The molecule has 0 radical (unpaired) electrons. The number of nitrogens with zero attached hydrogens (tertiary/aromatic N) is 1. The van der Waals surface area contributed by atoms with Crippen molar-refractivity contribution in [3.8, 4) is 11.1 Å². The molecule has 0 aliphatic carbocycles. The molecule has 0 aliphatic heterocycles. The monoisotopic (exact) mass is 247 g/mol. The number of aromatic nitrogens is 1. The first-order chi connectivity index (χ1) is 9.18. The van der Waals surface area contributed by atoms with E-state index in [0.29, 0.717) is 0 Å². The third-order valence-corrected chi connectivity index (χ3v) is 3.84. The van der Waals surface area contributed by atoms with Gasteiger partial charge in [-0.15, -0.1) is 0 Å². The highest BCUT2D eigenvalue weighted by molar-refractivity contribution is 5.97. The quantitative estimate of drug-likeness (QED) is 0.600. The van der Waals surface area contributed by atoms with Crippen LogP contribution in [-0.2, 0) is 0 Å². The Kier molecular flexibility index (Phi) is 2.83. The average Bonchev–Trinajstić information content (AvgIpc) is 2.44. The molecule has 1 nitrogen and oxygen atoms in total. The molecule has 1 heterocycles. The highest BCUT2D eigenvalue weighted by atomic mass is 14.6. The molecule has 0 saturated heterocycles. The fourth-order valence-electron chi connectivity index (χ4n) is 2.61. The lowest BCUT2D eigenvalue weighted by molar-refractivity contribution is 1.31. The molecular weight excluding hydrogens is 230 g/mol. The van der Waals surface area contributed by atoms with Gasteiger partial charge in [0.25, 0.3) is 0 Å². The van der Waals surface area contributed by atoms with Crippen molar-refractivity contribution in [2.75, 3.05) is 0 Å². The summed E-state index contributed by atoms with van der Waals surface area (Å²) >= 11 is 0. The first kappa shape index (κ1) is 11.9. The number of rotatable bonds is 1. The third-order valence-electron chi connectivity index (χ3n) is 3.84. The van der Waals surface area contributed by atoms with Crippen LogP contribution in [0, 0.1) is 20.8 Å². The number of aryl methyl sites for hydroxylation is 3. The Labute approximate surface area is 113 Å². The summed E-state index contributed by atoms with van der Waals surface area (Å²) in [6, 6.07) is 15.0. The zero-order valence-electron chi connectivity index (χ0n) is 11.6. The Morgan fingerprint density at radius 3 is 2.37 bits per heavy atom. The van der Waals surface area contributed by atoms with Gasteiger partial charge in [-0.3, -0.25) is 4.98 Å². The van der Waals surface area contributed by atoms with Gasteiger partial charge in [-0.05, 0) is 54.7 Å². The second-order valence-corrected chi connectivity index (χ2v) is 5.08. The van der Waals surface area contributed by atoms with Crippen molar-refractivity contribution in [1.82, 2.24) is 4.98 Å². The smallest absolute Gasteiger partial charge is 0.0739 e. The van der Waals surface area contributed by atoms with E-state index in [-0.39, 0.29) is 0 Å². The van der Waals surface area contributed by atoms with Gasteiger partial charge in [-0.1, -0.05) is 36.4 Å². The Bertz CT molecular complexity index is 757. The lowest BCUT2D eigenvalue weighted by Gasteiger charge is -2.13. The first-order valence-electron chi connectivity index (χ1n) is 6.59. The van der Waals surface area contributed by atoms with Crippen LogP contribution in [-0.4, -0.2) is 4.98 Å². The van der Waals surface area contributed by atoms with Crippen molar-refractivity contribution in [1.29, 1.82) is 0 Å². The van der Waals surface area contributed by atoms with Crippen molar-refractivity contribution in [2.45, 2.75) is 20.8 Å². The number of pyridine rings is 1. The highest BCUT2D eigenvalue weighted by Gasteiger charge is 2.10. The van der Waals surface area contributed by atoms with E-state index in [1.54, 1.807) is 0 Å². The van der Waals surface area contributed by atoms with Crippen LogP contribution in [0.2, 0.25) is 0 Å². The molecule has 0 spiro atoms. The van der Waals surface area contributed by atoms with E-state index in [1.807, 2.05) is 12.3 Å². The first-order valence-corrected chi connectivity index (χ1v) is 6.59. The lowest BCUT2D eigenvalue weighted by Crippen LogP contribution is -1.92. The molecule has 0 fully saturated rings. The van der Waals surface area contributed by atoms with Crippen LogP contribution in [0.1, 0.15) is 16.7 Å². The molecule has 3 rings (SSSR count). The highest BCUT2D eigenvalue weighted by Crippen LogP contribution is 2.33. The van der Waals surface area contributed by atoms with E-state index >= 15 is 0 Å². The summed E-state index contributed by atoms with van der Waals surface area (Å²) in [5, 5.41) is 1.24. The number of hydrogen-bond donors (Lipinski definition) is 0. The van der Waals surface area contributed by atoms with Gasteiger partial charge < -0.3 is 0 Å². The van der Waals surface area contributed by atoms with Gasteiger partial charge in [0.1, 0.15) is 0 Å². The maximum absolute atomic E-state index is 4.56. The fourth-order valence-corrected chi connectivity index (χ4v) is 2.61. The average molecular weight is 247 g/mol. The molecule has 19 heavy (non-hydrogen) atoms. The molecule has 1 heteroatoms. The summed E-state index contributed by atoms with van der Waals surface area (Å²) in [6.45, 7) is 6.46. The number of hydrogen-bond acceptors (Lipinski definition) is 1. The standard InChI is InChI=1S/C18H17N/c1-12-7-4-5-8-15(12)17-11-13(2)14(3)18-16(17)9-6-10-19-18/h4-11H,1-3H3. The van der Waals surface area contributed by atoms with Crippen LogP contribution in [0.25, 0.3) is 22.0 Å². The molecule has 0 saturated carbocycles. The largest absolute Gasteiger partial charge is 0.256 e. The normalized spacial score (nSPS) is 10.9. The summed E-state index contributed by atoms with van der Waals surface area (Å²) in [4.78, 5) is 4.56. The molecular formula is C18H17N. The second-order valence-electron chi connectivity index (χ2n) is 5.08. The van der Waals surface area contributed by atoms with Crippen molar-refractivity contribution in [3.63, 3.8) is 0 Å². The van der Waals surface area contributed by atoms with Gasteiger partial charge in [0, 0.05) is 11.6 Å². The summed E-state index contributed by atoms with van der Waals surface area (Å²) in [6.07, 6.45) is 1.87. The lowest BCUT2D eigenvalue weighted by atomic mass is 9.93. The van der Waals surface area contributed by atoms with Crippen molar-refractivity contribution in [3.05, 3.63) is 65.4 Å². The number of benzene rings is 2. The minimum Gasteiger partial charge on any atom is -0.256 e. The maximum Gasteiger partial charge on any atom is 0.0739 e. The summed E-state index contributed by atoms with van der Waals surface area (Å²) < 4.78 is 0. The van der Waals surface area contributed by atoms with Crippen LogP contribution in [0.4, 0.5) is 0 Å². The van der Waals surface area contributed by atoms with Gasteiger partial charge in [-0.2, -0.15) is 0 Å². The minimum absolute atomic E-state index is 1.11. The van der Waals surface area contributed by atoms with Crippen LogP contribution in [0.5, 0.6) is 0 Å². The SMILES string of the molecule is Cc1ccccc1-c1cc(C)c(C)c2ncccc12. The van der Waals surface area contributed by atoms with Crippen molar-refractivity contribution < 1.29 is 0 Å². The topological polar surface area (TPSA) is 12.9 Å². The Morgan fingerprint density at radius 1 is 0.789 bits per heavy atom. The van der Waals surface area contributed by atoms with Crippen LogP contribution >= 0.6 is 0 Å². The van der Waals surface area contributed by atoms with Gasteiger partial charge in [-0.25, -0.2) is 0 Å². The summed E-state index contributed by atoms with van der Waals surface area (Å²) in [5.74, 6) is 0. The molecule has 0 aliphatic rings. The molecule has 1 aromatic heterocycles. The van der Waals surface area contributed by atoms with Gasteiger partial charge in [0.2, 0.25) is 0 Å². The molecule has 2 aromatic carbocycles. The Hall–Kier alpha value is -2.15. The predicted octanol–water partition coefficient (Wildman–Crippen LogP) is 4.83. The summed E-state index contributed by atoms with van der Waals surface area (Å²) in [7, 11) is 0. The zero-order valence-corrected chi connectivity index (χ0v) is 11.6. The van der Waals surface area contributed by atoms with E-state index < -0.39 is 0 Å². The van der Waals surface area contributed by atoms with Gasteiger partial charge in [0.05, 0.1) is 5.52 Å². The summed E-state index contributed by atoms with van der Waals surface area (Å²) in [5.41, 5.74) is 7.56. The van der Waals surface area contributed by atoms with Gasteiger partial charge in [0.15, 0.2) is 0 Å². The minimum atomic E-state index is 1.11. The molecule has 3 aromatic rings. The molecule has 0 amide bonds. The molecule has 0 bridgehead atoms. The molecule has 94 valence electrons. The van der Waals surface area contributed by atoms with E-state index in [1.165, 1.54) is 33.2 Å². The molecule has 0 unspecified atom stereocenters. The Morgan fingerprint density at radius 2 is 1.58 bits per heavy atom. The van der Waals surface area contributed by atoms with Gasteiger partial charge >= 0.3 is 0 Å². The van der Waals surface area contributed by atoms with E-state index in [9.17, 15) is 0 Å². The Balaban J connectivity index is 2.43. The zero-order chi connectivity index (χ0) is 13.4. The van der Waals surface area contributed by atoms with E-state index in [0.717, 1.165) is 5.52 Å². The second kappa shape index (κ2) is 4.51. The third kappa shape index (κ3) is 1.91. The molecule has 0 atom stereocenters. The van der Waals surface area contributed by atoms with Crippen LogP contribution in [0.3, 0.4) is 0 Å².